The zero-order chi connectivity index (χ0) is 12.7. The number of ether oxygens (including phenoxy) is 1. The van der Waals surface area contributed by atoms with Crippen LogP contribution in [-0.4, -0.2) is 22.6 Å². The van der Waals surface area contributed by atoms with Crippen LogP contribution in [0.2, 0.25) is 0 Å². The molecule has 0 fully saturated rings. The quantitative estimate of drug-likeness (QED) is 0.415. The number of unbranched alkanes of at least 4 members (excludes halogenated alkanes) is 3. The predicted octanol–water partition coefficient (Wildman–Crippen LogP) is 2.72. The van der Waals surface area contributed by atoms with E-state index in [2.05, 4.69) is 11.6 Å². The first kappa shape index (κ1) is 13.5. The van der Waals surface area contributed by atoms with Crippen LogP contribution in [0.1, 0.15) is 42.0 Å². The molecule has 17 heavy (non-hydrogen) atoms. The van der Waals surface area contributed by atoms with Gasteiger partial charge in [-0.25, -0.2) is 9.78 Å². The number of hydrogen-bond donors (Lipinski definition) is 0. The third-order valence-electron chi connectivity index (χ3n) is 2.74. The molecule has 94 valence electrons. The van der Waals surface area contributed by atoms with Crippen molar-refractivity contribution >= 4 is 5.97 Å². The molecule has 0 atom stereocenters. The van der Waals surface area contributed by atoms with Gasteiger partial charge in [-0.2, -0.15) is 0 Å². The second-order valence-electron chi connectivity index (χ2n) is 3.97. The largest absolute Gasteiger partial charge is 0.464 e. The standard InChI is InChI=1S/C13H20N2O2/c1-4-5-6-7-8-9-15-11(2)14-10-12(15)13(16)17-3/h4,10H,1,5-9H2,2-3H3. The molecule has 1 aromatic heterocycles. The highest BCUT2D eigenvalue weighted by atomic mass is 16.5. The molecule has 0 aromatic carbocycles. The molecule has 0 radical (unpaired) electrons. The van der Waals surface area contributed by atoms with Crippen molar-refractivity contribution in [1.82, 2.24) is 9.55 Å². The summed E-state index contributed by atoms with van der Waals surface area (Å²) in [7, 11) is 1.39. The third kappa shape index (κ3) is 3.73. The number of aromatic nitrogens is 2. The third-order valence-corrected chi connectivity index (χ3v) is 2.74. The highest BCUT2D eigenvalue weighted by molar-refractivity contribution is 5.87. The molecule has 1 rings (SSSR count). The normalized spacial score (nSPS) is 10.2. The SMILES string of the molecule is C=CCCCCCn1c(C(=O)OC)cnc1C. The minimum Gasteiger partial charge on any atom is -0.464 e. The minimum absolute atomic E-state index is 0.323. The predicted molar refractivity (Wildman–Crippen MR) is 67.0 cm³/mol. The van der Waals surface area contributed by atoms with Crippen LogP contribution in [0.3, 0.4) is 0 Å². The second-order valence-corrected chi connectivity index (χ2v) is 3.97. The van der Waals surface area contributed by atoms with E-state index in [0.29, 0.717) is 5.69 Å². The maximum Gasteiger partial charge on any atom is 0.356 e. The summed E-state index contributed by atoms with van der Waals surface area (Å²) in [6, 6.07) is 0. The molecule has 0 aliphatic rings. The summed E-state index contributed by atoms with van der Waals surface area (Å²) in [5.41, 5.74) is 0.536. The van der Waals surface area contributed by atoms with Crippen molar-refractivity contribution in [3.8, 4) is 0 Å². The molecular weight excluding hydrogens is 216 g/mol. The van der Waals surface area contributed by atoms with Gasteiger partial charge in [0.1, 0.15) is 11.5 Å². The molecule has 0 saturated heterocycles. The smallest absolute Gasteiger partial charge is 0.356 e. The Morgan fingerprint density at radius 1 is 1.53 bits per heavy atom. The maximum atomic E-state index is 11.5. The molecule has 0 N–H and O–H groups in total. The zero-order valence-electron chi connectivity index (χ0n) is 10.6. The van der Waals surface area contributed by atoms with Crippen molar-refractivity contribution in [2.45, 2.75) is 39.2 Å². The van der Waals surface area contributed by atoms with Gasteiger partial charge in [-0.05, 0) is 26.2 Å². The first-order valence-corrected chi connectivity index (χ1v) is 5.92. The number of carbonyl (C=O) groups excluding carboxylic acids is 1. The molecule has 0 bridgehead atoms. The van der Waals surface area contributed by atoms with Crippen LogP contribution in [0.4, 0.5) is 0 Å². The van der Waals surface area contributed by atoms with Gasteiger partial charge in [-0.1, -0.05) is 12.5 Å². The van der Waals surface area contributed by atoms with E-state index in [9.17, 15) is 4.79 Å². The molecule has 0 unspecified atom stereocenters. The summed E-state index contributed by atoms with van der Waals surface area (Å²) in [6.45, 7) is 6.41. The fourth-order valence-electron chi connectivity index (χ4n) is 1.75. The Hall–Kier alpha value is -1.58. The highest BCUT2D eigenvalue weighted by Gasteiger charge is 2.14. The second kappa shape index (κ2) is 6.89. The maximum absolute atomic E-state index is 11.5. The Balaban J connectivity index is 2.54. The fourth-order valence-corrected chi connectivity index (χ4v) is 1.75. The Morgan fingerprint density at radius 2 is 2.29 bits per heavy atom. The monoisotopic (exact) mass is 236 g/mol. The highest BCUT2D eigenvalue weighted by Crippen LogP contribution is 2.10. The number of hydrogen-bond acceptors (Lipinski definition) is 3. The number of rotatable bonds is 7. The van der Waals surface area contributed by atoms with E-state index >= 15 is 0 Å². The lowest BCUT2D eigenvalue weighted by molar-refractivity contribution is 0.0588. The molecule has 1 heterocycles. The average Bonchev–Trinajstić information content (AvgIpc) is 2.70. The molecule has 4 nitrogen and oxygen atoms in total. The first-order valence-electron chi connectivity index (χ1n) is 5.92. The summed E-state index contributed by atoms with van der Waals surface area (Å²) in [5, 5.41) is 0. The summed E-state index contributed by atoms with van der Waals surface area (Å²) >= 11 is 0. The van der Waals surface area contributed by atoms with Crippen LogP contribution >= 0.6 is 0 Å². The van der Waals surface area contributed by atoms with E-state index < -0.39 is 0 Å². The van der Waals surface area contributed by atoms with Crippen molar-refractivity contribution in [1.29, 1.82) is 0 Å². The number of imidazole rings is 1. The van der Waals surface area contributed by atoms with E-state index in [-0.39, 0.29) is 5.97 Å². The van der Waals surface area contributed by atoms with Crippen LogP contribution in [0.25, 0.3) is 0 Å². The molecule has 0 saturated carbocycles. The van der Waals surface area contributed by atoms with Crippen LogP contribution in [-0.2, 0) is 11.3 Å². The van der Waals surface area contributed by atoms with Gasteiger partial charge in [0.05, 0.1) is 13.3 Å². The number of methoxy groups -OCH3 is 1. The van der Waals surface area contributed by atoms with Crippen LogP contribution in [0.5, 0.6) is 0 Å². The lowest BCUT2D eigenvalue weighted by atomic mass is 10.2. The molecule has 1 aromatic rings. The number of nitrogens with zero attached hydrogens (tertiary/aromatic N) is 2. The van der Waals surface area contributed by atoms with Crippen molar-refractivity contribution in [2.75, 3.05) is 7.11 Å². The first-order chi connectivity index (χ1) is 8.20. The molecule has 4 heteroatoms. The minimum atomic E-state index is -0.323. The van der Waals surface area contributed by atoms with E-state index in [1.807, 2.05) is 17.6 Å². The van der Waals surface area contributed by atoms with Gasteiger partial charge in [0.25, 0.3) is 0 Å². The number of allylic oxidation sites excluding steroid dienone is 1. The topological polar surface area (TPSA) is 44.1 Å². The van der Waals surface area contributed by atoms with Crippen LogP contribution in [0.15, 0.2) is 18.9 Å². The molecule has 0 spiro atoms. The zero-order valence-corrected chi connectivity index (χ0v) is 10.6. The van der Waals surface area contributed by atoms with Gasteiger partial charge < -0.3 is 9.30 Å². The van der Waals surface area contributed by atoms with Gasteiger partial charge in [0.15, 0.2) is 0 Å². The van der Waals surface area contributed by atoms with Crippen molar-refractivity contribution < 1.29 is 9.53 Å². The van der Waals surface area contributed by atoms with Gasteiger partial charge in [-0.15, -0.1) is 6.58 Å². The van der Waals surface area contributed by atoms with Crippen molar-refractivity contribution in [2.24, 2.45) is 0 Å². The Kier molecular flexibility index (Phi) is 5.46. The lowest BCUT2D eigenvalue weighted by Gasteiger charge is -2.08. The Labute approximate surface area is 102 Å². The van der Waals surface area contributed by atoms with Gasteiger partial charge in [0.2, 0.25) is 0 Å². The van der Waals surface area contributed by atoms with E-state index in [1.54, 1.807) is 6.20 Å². The number of carbonyl (C=O) groups is 1. The summed E-state index contributed by atoms with van der Waals surface area (Å²) in [6.07, 6.45) is 7.87. The van der Waals surface area contributed by atoms with Crippen molar-refractivity contribution in [3.63, 3.8) is 0 Å². The van der Waals surface area contributed by atoms with Crippen LogP contribution < -0.4 is 0 Å². The fraction of sp³-hybridized carbons (Fsp3) is 0.538. The number of aryl methyl sites for hydroxylation is 1. The van der Waals surface area contributed by atoms with E-state index in [0.717, 1.165) is 38.1 Å². The Bertz CT molecular complexity index is 383. The molecule has 0 aliphatic heterocycles. The lowest BCUT2D eigenvalue weighted by Crippen LogP contribution is -2.12. The Morgan fingerprint density at radius 3 is 2.94 bits per heavy atom. The van der Waals surface area contributed by atoms with Gasteiger partial charge in [0, 0.05) is 6.54 Å². The molecule has 0 aliphatic carbocycles. The number of esters is 1. The average molecular weight is 236 g/mol. The van der Waals surface area contributed by atoms with Crippen LogP contribution in [0, 0.1) is 6.92 Å². The van der Waals surface area contributed by atoms with Gasteiger partial charge in [-0.3, -0.25) is 0 Å². The van der Waals surface area contributed by atoms with E-state index in [1.165, 1.54) is 7.11 Å². The van der Waals surface area contributed by atoms with Crippen molar-refractivity contribution in [3.05, 3.63) is 30.4 Å². The molecular formula is C13H20N2O2. The summed E-state index contributed by atoms with van der Waals surface area (Å²) in [5.74, 6) is 0.533. The molecule has 0 amide bonds. The van der Waals surface area contributed by atoms with Gasteiger partial charge >= 0.3 is 5.97 Å². The summed E-state index contributed by atoms with van der Waals surface area (Å²) in [4.78, 5) is 15.6. The van der Waals surface area contributed by atoms with E-state index in [4.69, 9.17) is 4.74 Å². The summed E-state index contributed by atoms with van der Waals surface area (Å²) < 4.78 is 6.64.